The Labute approximate surface area is 119 Å². The average Bonchev–Trinajstić information content (AvgIpc) is 2.38. The first-order valence-corrected chi connectivity index (χ1v) is 6.67. The summed E-state index contributed by atoms with van der Waals surface area (Å²) in [5, 5.41) is 0. The zero-order chi connectivity index (χ0) is 14.8. The first kappa shape index (κ1) is 14.5. The van der Waals surface area contributed by atoms with Gasteiger partial charge < -0.3 is 10.5 Å². The normalized spacial score (nSPS) is 11.4. The smallest absolute Gasteiger partial charge is 0.134 e. The van der Waals surface area contributed by atoms with Crippen LogP contribution in [0.15, 0.2) is 42.5 Å². The molecule has 0 aliphatic rings. The van der Waals surface area contributed by atoms with Crippen LogP contribution in [0.5, 0.6) is 11.5 Å². The van der Waals surface area contributed by atoms with Gasteiger partial charge in [0.25, 0.3) is 0 Å². The van der Waals surface area contributed by atoms with E-state index in [1.807, 2.05) is 18.2 Å². The van der Waals surface area contributed by atoms with Crippen LogP contribution >= 0.6 is 0 Å². The van der Waals surface area contributed by atoms with Gasteiger partial charge in [0.05, 0.1) is 0 Å². The number of ether oxygens (including phenoxy) is 1. The van der Waals surface area contributed by atoms with Gasteiger partial charge in [-0.25, -0.2) is 4.39 Å². The zero-order valence-corrected chi connectivity index (χ0v) is 12.1. The van der Waals surface area contributed by atoms with Crippen molar-refractivity contribution in [2.45, 2.75) is 32.7 Å². The summed E-state index contributed by atoms with van der Waals surface area (Å²) in [7, 11) is 0. The minimum absolute atomic E-state index is 0.0397. The number of rotatable bonds is 3. The maximum Gasteiger partial charge on any atom is 0.134 e. The Morgan fingerprint density at radius 1 is 1.10 bits per heavy atom. The fourth-order valence-corrected chi connectivity index (χ4v) is 1.99. The monoisotopic (exact) mass is 273 g/mol. The van der Waals surface area contributed by atoms with Crippen LogP contribution in [0.4, 0.5) is 4.39 Å². The van der Waals surface area contributed by atoms with Gasteiger partial charge in [-0.3, -0.25) is 0 Å². The van der Waals surface area contributed by atoms with Crippen LogP contribution in [0, 0.1) is 5.82 Å². The molecule has 20 heavy (non-hydrogen) atoms. The Kier molecular flexibility index (Phi) is 4.09. The molecule has 0 radical (unpaired) electrons. The van der Waals surface area contributed by atoms with E-state index in [0.29, 0.717) is 17.1 Å². The Morgan fingerprint density at radius 2 is 1.80 bits per heavy atom. The van der Waals surface area contributed by atoms with Crippen LogP contribution in [0.25, 0.3) is 0 Å². The highest BCUT2D eigenvalue weighted by Gasteiger charge is 2.15. The number of hydrogen-bond donors (Lipinski definition) is 1. The van der Waals surface area contributed by atoms with Crippen LogP contribution in [0.3, 0.4) is 0 Å². The van der Waals surface area contributed by atoms with Gasteiger partial charge in [0.1, 0.15) is 17.3 Å². The van der Waals surface area contributed by atoms with E-state index in [1.165, 1.54) is 11.6 Å². The molecule has 0 spiro atoms. The van der Waals surface area contributed by atoms with Gasteiger partial charge in [-0.15, -0.1) is 0 Å². The topological polar surface area (TPSA) is 35.2 Å². The second-order valence-electron chi connectivity index (χ2n) is 5.80. The lowest BCUT2D eigenvalue weighted by atomic mass is 9.87. The molecule has 0 saturated heterocycles. The van der Waals surface area contributed by atoms with Crippen molar-refractivity contribution in [1.29, 1.82) is 0 Å². The van der Waals surface area contributed by atoms with Gasteiger partial charge in [-0.1, -0.05) is 39.0 Å². The van der Waals surface area contributed by atoms with E-state index in [-0.39, 0.29) is 17.8 Å². The van der Waals surface area contributed by atoms with E-state index in [2.05, 4.69) is 26.8 Å². The predicted molar refractivity (Wildman–Crippen MR) is 79.5 cm³/mol. The second kappa shape index (κ2) is 5.63. The molecule has 0 aliphatic heterocycles. The molecule has 0 aliphatic carbocycles. The predicted octanol–water partition coefficient (Wildman–Crippen LogP) is 4.37. The molecular formula is C17H20FNO. The third-order valence-corrected chi connectivity index (χ3v) is 3.21. The van der Waals surface area contributed by atoms with Crippen LogP contribution in [0.1, 0.15) is 31.9 Å². The fraction of sp³-hybridized carbons (Fsp3) is 0.294. The number of halogens is 1. The standard InChI is InChI=1S/C17H20FNO/c1-17(2,3)12-6-4-7-13(10-12)20-16-9-5-8-15(18)14(16)11-19/h4-10H,11,19H2,1-3H3. The lowest BCUT2D eigenvalue weighted by Crippen LogP contribution is -2.10. The van der Waals surface area contributed by atoms with Crippen LogP contribution in [0.2, 0.25) is 0 Å². The molecule has 0 saturated carbocycles. The second-order valence-corrected chi connectivity index (χ2v) is 5.80. The number of hydrogen-bond acceptors (Lipinski definition) is 2. The molecule has 2 aromatic carbocycles. The third-order valence-electron chi connectivity index (χ3n) is 3.21. The zero-order valence-electron chi connectivity index (χ0n) is 12.1. The molecule has 0 fully saturated rings. The molecule has 0 heterocycles. The number of benzene rings is 2. The van der Waals surface area contributed by atoms with Crippen molar-refractivity contribution < 1.29 is 9.13 Å². The molecule has 2 rings (SSSR count). The molecule has 2 aromatic rings. The summed E-state index contributed by atoms with van der Waals surface area (Å²) in [6.07, 6.45) is 0. The van der Waals surface area contributed by atoms with E-state index in [0.717, 1.165) is 0 Å². The Balaban J connectivity index is 2.34. The van der Waals surface area contributed by atoms with Gasteiger partial charge in [0.15, 0.2) is 0 Å². The lowest BCUT2D eigenvalue weighted by molar-refractivity contribution is 0.464. The molecular weight excluding hydrogens is 253 g/mol. The maximum absolute atomic E-state index is 13.7. The third kappa shape index (κ3) is 3.17. The van der Waals surface area contributed by atoms with E-state index in [4.69, 9.17) is 10.5 Å². The van der Waals surface area contributed by atoms with E-state index in [1.54, 1.807) is 12.1 Å². The molecule has 0 unspecified atom stereocenters. The van der Waals surface area contributed by atoms with Crippen molar-refractivity contribution in [3.05, 3.63) is 59.4 Å². The van der Waals surface area contributed by atoms with Crippen molar-refractivity contribution >= 4 is 0 Å². The highest BCUT2D eigenvalue weighted by molar-refractivity contribution is 5.40. The largest absolute Gasteiger partial charge is 0.457 e. The molecule has 0 atom stereocenters. The quantitative estimate of drug-likeness (QED) is 0.901. The first-order valence-electron chi connectivity index (χ1n) is 6.67. The highest BCUT2D eigenvalue weighted by atomic mass is 19.1. The van der Waals surface area contributed by atoms with E-state index in [9.17, 15) is 4.39 Å². The van der Waals surface area contributed by atoms with E-state index >= 15 is 0 Å². The van der Waals surface area contributed by atoms with Crippen molar-refractivity contribution in [2.24, 2.45) is 5.73 Å². The average molecular weight is 273 g/mol. The highest BCUT2D eigenvalue weighted by Crippen LogP contribution is 2.30. The van der Waals surface area contributed by atoms with Gasteiger partial charge in [0.2, 0.25) is 0 Å². The van der Waals surface area contributed by atoms with Crippen LogP contribution < -0.4 is 10.5 Å². The summed E-state index contributed by atoms with van der Waals surface area (Å²) in [5.41, 5.74) is 7.19. The van der Waals surface area contributed by atoms with Crippen molar-refractivity contribution in [1.82, 2.24) is 0 Å². The van der Waals surface area contributed by atoms with E-state index < -0.39 is 0 Å². The summed E-state index contributed by atoms with van der Waals surface area (Å²) < 4.78 is 19.5. The summed E-state index contributed by atoms with van der Waals surface area (Å²) in [4.78, 5) is 0. The summed E-state index contributed by atoms with van der Waals surface area (Å²) in [6, 6.07) is 12.6. The van der Waals surface area contributed by atoms with Crippen molar-refractivity contribution in [3.63, 3.8) is 0 Å². The molecule has 3 heteroatoms. The van der Waals surface area contributed by atoms with Gasteiger partial charge in [-0.05, 0) is 35.2 Å². The summed E-state index contributed by atoms with van der Waals surface area (Å²) in [5.74, 6) is 0.827. The molecule has 0 bridgehead atoms. The minimum Gasteiger partial charge on any atom is -0.457 e. The van der Waals surface area contributed by atoms with Crippen LogP contribution in [-0.2, 0) is 12.0 Å². The fourth-order valence-electron chi connectivity index (χ4n) is 1.99. The molecule has 2 nitrogen and oxygen atoms in total. The lowest BCUT2D eigenvalue weighted by Gasteiger charge is -2.20. The van der Waals surface area contributed by atoms with Gasteiger partial charge in [0, 0.05) is 12.1 Å². The SMILES string of the molecule is CC(C)(C)c1cccc(Oc2cccc(F)c2CN)c1. The van der Waals surface area contributed by atoms with Crippen molar-refractivity contribution in [3.8, 4) is 11.5 Å². The minimum atomic E-state index is -0.336. The molecule has 2 N–H and O–H groups in total. The number of nitrogens with two attached hydrogens (primary N) is 1. The Morgan fingerprint density at radius 3 is 2.45 bits per heavy atom. The summed E-state index contributed by atoms with van der Waals surface area (Å²) in [6.45, 7) is 6.53. The molecule has 0 aromatic heterocycles. The summed E-state index contributed by atoms with van der Waals surface area (Å²) >= 11 is 0. The Hall–Kier alpha value is -1.87. The van der Waals surface area contributed by atoms with Gasteiger partial charge in [-0.2, -0.15) is 0 Å². The molecule has 106 valence electrons. The van der Waals surface area contributed by atoms with Gasteiger partial charge >= 0.3 is 0 Å². The van der Waals surface area contributed by atoms with Crippen LogP contribution in [-0.4, -0.2) is 0 Å². The van der Waals surface area contributed by atoms with Crippen molar-refractivity contribution in [2.75, 3.05) is 0 Å². The Bertz CT molecular complexity index is 602. The first-order chi connectivity index (χ1) is 9.41. The maximum atomic E-state index is 13.7. The molecule has 0 amide bonds.